The molecule has 1 aromatic heterocycles. The summed E-state index contributed by atoms with van der Waals surface area (Å²) in [6, 6.07) is 32.5. The number of carbonyl (C=O) groups excluding carboxylic acids is 6. The Hall–Kier alpha value is -7.78. The van der Waals surface area contributed by atoms with Crippen LogP contribution in [0.15, 0.2) is 121 Å². The van der Waals surface area contributed by atoms with Gasteiger partial charge in [0.2, 0.25) is 5.91 Å². The number of esters is 1. The molecule has 0 spiro atoms. The zero-order chi connectivity index (χ0) is 59.7. The summed E-state index contributed by atoms with van der Waals surface area (Å²) in [6.07, 6.45) is 5.52. The van der Waals surface area contributed by atoms with Crippen molar-refractivity contribution in [3.8, 4) is 11.3 Å². The zero-order valence-electron chi connectivity index (χ0n) is 46.6. The van der Waals surface area contributed by atoms with Gasteiger partial charge in [0.25, 0.3) is 6.47 Å². The van der Waals surface area contributed by atoms with E-state index in [-0.39, 0.29) is 48.8 Å². The number of carboxylic acid groups (broad SMARTS) is 2. The van der Waals surface area contributed by atoms with Crippen LogP contribution in [-0.2, 0) is 39.8 Å². The second kappa shape index (κ2) is 32.5. The Morgan fingerprint density at radius 1 is 0.716 bits per heavy atom. The number of carboxylic acids is 1. The number of halogens is 2. The summed E-state index contributed by atoms with van der Waals surface area (Å²) < 4.78 is 29.4. The number of hydrogen-bond acceptors (Lipinski definition) is 13. The lowest BCUT2D eigenvalue weighted by Crippen LogP contribution is -2.44. The SMILES string of the molecule is CC(C)(C)OC(=O)N1CCC[C@H]1C(=O)O.CC(C)(C)OC(=O)N1CCC[C@H]1C(=O)OCC(=O)c1ccccc1.N[C@@H](CC(=O)N1CCC[C@H]1c1ncc(-c2ccccc2)[nH]1)Cc1ccccc1F.O=C(CBr)c1ccccc1.O=CO. The highest BCUT2D eigenvalue weighted by atomic mass is 79.9. The average Bonchev–Trinajstić information content (AvgIpc) is 4.35. The molecule has 4 heterocycles. The summed E-state index contributed by atoms with van der Waals surface area (Å²) in [4.78, 5) is 103. The fourth-order valence-electron chi connectivity index (χ4n) is 8.73. The molecule has 3 saturated heterocycles. The number of nitrogens with two attached hydrogens (primary N) is 1. The number of aromatic amines is 1. The number of alkyl halides is 1. The lowest BCUT2D eigenvalue weighted by Gasteiger charge is -2.27. The lowest BCUT2D eigenvalue weighted by atomic mass is 10.0. The number of aromatic nitrogens is 2. The van der Waals surface area contributed by atoms with E-state index in [9.17, 15) is 38.0 Å². The fourth-order valence-corrected chi connectivity index (χ4v) is 9.06. The lowest BCUT2D eigenvalue weighted by molar-refractivity contribution is -0.147. The van der Waals surface area contributed by atoms with Gasteiger partial charge in [-0.3, -0.25) is 29.0 Å². The van der Waals surface area contributed by atoms with E-state index in [2.05, 4.69) is 25.9 Å². The summed E-state index contributed by atoms with van der Waals surface area (Å²) in [7, 11) is 0. The monoisotopic (exact) mass is 1180 g/mol. The first-order valence-corrected chi connectivity index (χ1v) is 27.7. The largest absolute Gasteiger partial charge is 0.483 e. The minimum atomic E-state index is -0.960. The normalized spacial score (nSPS) is 16.7. The zero-order valence-corrected chi connectivity index (χ0v) is 48.2. The van der Waals surface area contributed by atoms with Crippen molar-refractivity contribution in [3.63, 3.8) is 0 Å². The fraction of sp³-hybridized carbons (Fsp3) is 0.417. The maximum atomic E-state index is 13.9. The van der Waals surface area contributed by atoms with Gasteiger partial charge in [-0.25, -0.2) is 28.6 Å². The summed E-state index contributed by atoms with van der Waals surface area (Å²) in [5, 5.41) is 16.2. The molecule has 3 fully saturated rings. The number of H-pyrrole nitrogens is 1. The molecule has 436 valence electrons. The van der Waals surface area contributed by atoms with Gasteiger partial charge >= 0.3 is 24.1 Å². The Kier molecular flexibility index (Phi) is 26.3. The molecule has 0 saturated carbocycles. The predicted molar refractivity (Wildman–Crippen MR) is 305 cm³/mol. The standard InChI is InChI=1S/C23H25FN4O.C18H23NO5.C10H17NO4.C8H7BrO.CH2O2/c24-19-10-5-4-9-17(19)13-18(25)14-22(29)28-12-6-11-21(28)23-26-15-20(27-23)16-7-2-1-3-8-16;1-18(2,3)24-17(22)19-11-7-10-14(19)16(21)23-12-15(20)13-8-5-4-6-9-13;1-10(2,3)15-9(14)11-6-4-5-7(11)8(12)13;9-6-8(10)7-4-2-1-3-5-7;2-1-3/h1-5,7-10,15,18,21H,6,11-14,25H2,(H,26,27);4-6,8-9,14H,7,10-12H2,1-3H3;7H,4-6H2,1-3H3,(H,12,13);1-5H,6H2;1H,(H,2,3)/t18-,21+;14-;7-;;/m100../s1. The van der Waals surface area contributed by atoms with Gasteiger partial charge < -0.3 is 40.0 Å². The molecular weight excluding hydrogens is 1110 g/mol. The molecule has 0 unspecified atom stereocenters. The number of imidazole rings is 1. The Morgan fingerprint density at radius 2 is 1.19 bits per heavy atom. The van der Waals surface area contributed by atoms with Gasteiger partial charge in [0.15, 0.2) is 18.2 Å². The minimum absolute atomic E-state index is 0.00556. The number of ketones is 2. The van der Waals surface area contributed by atoms with Crippen LogP contribution in [0.3, 0.4) is 0 Å². The van der Waals surface area contributed by atoms with Crippen LogP contribution in [0.2, 0.25) is 0 Å². The molecule has 3 aliphatic rings. The number of nitrogens with zero attached hydrogens (tertiary/aromatic N) is 4. The molecular formula is C60H74BrFN6O13. The average molecular weight is 1190 g/mol. The van der Waals surface area contributed by atoms with E-state index in [0.717, 1.165) is 41.9 Å². The smallest absolute Gasteiger partial charge is 0.411 e. The van der Waals surface area contributed by atoms with Gasteiger partial charge in [0.1, 0.15) is 34.9 Å². The van der Waals surface area contributed by atoms with Crippen molar-refractivity contribution in [2.75, 3.05) is 31.6 Å². The highest BCUT2D eigenvalue weighted by molar-refractivity contribution is 9.09. The maximum Gasteiger partial charge on any atom is 0.411 e. The summed E-state index contributed by atoms with van der Waals surface area (Å²) in [6.45, 7) is 11.6. The summed E-state index contributed by atoms with van der Waals surface area (Å²) >= 11 is 3.10. The number of amides is 3. The Bertz CT molecular complexity index is 2830. The van der Waals surface area contributed by atoms with Crippen LogP contribution in [0, 0.1) is 5.82 Å². The van der Waals surface area contributed by atoms with E-state index in [1.807, 2.05) is 71.8 Å². The molecule has 5 aromatic rings. The Labute approximate surface area is 480 Å². The van der Waals surface area contributed by atoms with Crippen molar-refractivity contribution in [3.05, 3.63) is 150 Å². The van der Waals surface area contributed by atoms with E-state index in [0.29, 0.717) is 61.8 Å². The van der Waals surface area contributed by atoms with Crippen LogP contribution >= 0.6 is 15.9 Å². The molecule has 4 aromatic carbocycles. The molecule has 0 bridgehead atoms. The molecule has 19 nitrogen and oxygen atoms in total. The molecule has 81 heavy (non-hydrogen) atoms. The number of Topliss-reactive ketones (excluding diaryl/α,β-unsaturated/α-hetero) is 2. The third-order valence-corrected chi connectivity index (χ3v) is 12.9. The molecule has 3 aliphatic heterocycles. The highest BCUT2D eigenvalue weighted by Crippen LogP contribution is 2.32. The van der Waals surface area contributed by atoms with Crippen molar-refractivity contribution in [2.24, 2.45) is 5.73 Å². The third-order valence-electron chi connectivity index (χ3n) is 12.4. The topological polar surface area (TPSA) is 269 Å². The summed E-state index contributed by atoms with van der Waals surface area (Å²) in [5.74, 6) is -1.16. The van der Waals surface area contributed by atoms with Crippen molar-refractivity contribution in [2.45, 2.75) is 128 Å². The van der Waals surface area contributed by atoms with Crippen molar-refractivity contribution in [1.82, 2.24) is 24.7 Å². The highest BCUT2D eigenvalue weighted by Gasteiger charge is 2.39. The van der Waals surface area contributed by atoms with E-state index in [1.54, 1.807) is 90.1 Å². The maximum absolute atomic E-state index is 13.9. The second-order valence-corrected chi connectivity index (χ2v) is 21.5. The van der Waals surface area contributed by atoms with Gasteiger partial charge in [-0.05, 0) is 104 Å². The first-order valence-electron chi connectivity index (χ1n) is 26.5. The number of aliphatic carboxylic acids is 1. The Morgan fingerprint density at radius 3 is 1.70 bits per heavy atom. The van der Waals surface area contributed by atoms with Crippen LogP contribution in [0.4, 0.5) is 14.0 Å². The molecule has 0 aliphatic carbocycles. The van der Waals surface area contributed by atoms with Gasteiger partial charge in [0.05, 0.1) is 23.3 Å². The molecule has 3 amide bonds. The van der Waals surface area contributed by atoms with Crippen LogP contribution < -0.4 is 5.73 Å². The predicted octanol–water partition coefficient (Wildman–Crippen LogP) is 10.1. The number of ether oxygens (including phenoxy) is 3. The van der Waals surface area contributed by atoms with Gasteiger partial charge in [-0.15, -0.1) is 0 Å². The number of hydrogen-bond donors (Lipinski definition) is 4. The molecule has 0 radical (unpaired) electrons. The number of rotatable bonds is 13. The van der Waals surface area contributed by atoms with Crippen LogP contribution in [0.1, 0.15) is 125 Å². The van der Waals surface area contributed by atoms with Gasteiger partial charge in [-0.2, -0.15) is 0 Å². The number of carbonyl (C=O) groups is 8. The Balaban J connectivity index is 0.000000243. The first-order chi connectivity index (χ1) is 38.5. The minimum Gasteiger partial charge on any atom is -0.483 e. The van der Waals surface area contributed by atoms with Crippen molar-refractivity contribution >= 4 is 64.0 Å². The van der Waals surface area contributed by atoms with Crippen molar-refractivity contribution < 1.29 is 67.2 Å². The van der Waals surface area contributed by atoms with Crippen LogP contribution in [0.5, 0.6) is 0 Å². The summed E-state index contributed by atoms with van der Waals surface area (Å²) in [5.41, 5.74) is 8.76. The number of nitrogens with one attached hydrogen (secondary N) is 1. The van der Waals surface area contributed by atoms with E-state index in [1.165, 1.54) is 15.9 Å². The molecule has 21 heteroatoms. The van der Waals surface area contributed by atoms with Crippen LogP contribution in [0.25, 0.3) is 11.3 Å². The molecule has 4 atom stereocenters. The number of benzene rings is 4. The third kappa shape index (κ3) is 22.0. The van der Waals surface area contributed by atoms with E-state index >= 15 is 0 Å². The second-order valence-electron chi connectivity index (χ2n) is 21.0. The number of likely N-dealkylation sites (tertiary alicyclic amines) is 3. The molecule has 5 N–H and O–H groups in total. The quantitative estimate of drug-likeness (QED) is 0.0281. The van der Waals surface area contributed by atoms with E-state index < -0.39 is 53.5 Å². The van der Waals surface area contributed by atoms with Gasteiger partial charge in [0, 0.05) is 43.2 Å². The van der Waals surface area contributed by atoms with Gasteiger partial charge in [-0.1, -0.05) is 125 Å². The van der Waals surface area contributed by atoms with Crippen molar-refractivity contribution in [1.29, 1.82) is 0 Å². The van der Waals surface area contributed by atoms with E-state index in [4.69, 9.17) is 35.0 Å². The van der Waals surface area contributed by atoms with Crippen LogP contribution in [-0.4, -0.2) is 144 Å². The first kappa shape index (κ1) is 65.7. The molecule has 8 rings (SSSR count).